The number of hydrogen-bond donors (Lipinski definition) is 2. The largest absolute Gasteiger partial charge is 0.398 e. The summed E-state index contributed by atoms with van der Waals surface area (Å²) in [7, 11) is 0. The van der Waals surface area contributed by atoms with Crippen molar-refractivity contribution in [3.63, 3.8) is 0 Å². The molecule has 3 nitrogen and oxygen atoms in total. The summed E-state index contributed by atoms with van der Waals surface area (Å²) in [6.07, 6.45) is 2.90. The number of nitrogens with zero attached hydrogens (tertiary/aromatic N) is 1. The first-order valence-electron chi connectivity index (χ1n) is 5.00. The van der Waals surface area contributed by atoms with Crippen LogP contribution in [-0.4, -0.2) is 4.98 Å². The van der Waals surface area contributed by atoms with Crippen LogP contribution in [0.3, 0.4) is 0 Å². The maximum atomic E-state index is 13.5. The van der Waals surface area contributed by atoms with Gasteiger partial charge in [-0.05, 0) is 18.2 Å². The Morgan fingerprint density at radius 1 is 1.12 bits per heavy atom. The van der Waals surface area contributed by atoms with Gasteiger partial charge in [0.1, 0.15) is 11.6 Å². The number of nitrogen functional groups attached to an aromatic ring is 1. The smallest absolute Gasteiger partial charge is 0.131 e. The van der Waals surface area contributed by atoms with Gasteiger partial charge in [-0.25, -0.2) is 8.78 Å². The number of hydrogen-bond acceptors (Lipinski definition) is 3. The minimum atomic E-state index is -0.968. The molecule has 1 atom stereocenters. The zero-order valence-corrected chi connectivity index (χ0v) is 8.90. The Balaban J connectivity index is 2.51. The molecule has 0 saturated heterocycles. The van der Waals surface area contributed by atoms with Gasteiger partial charge >= 0.3 is 0 Å². The molecule has 17 heavy (non-hydrogen) atoms. The third kappa shape index (κ3) is 2.09. The molecule has 2 aromatic rings. The van der Waals surface area contributed by atoms with E-state index in [1.165, 1.54) is 24.5 Å². The van der Waals surface area contributed by atoms with E-state index in [1.54, 1.807) is 0 Å². The summed E-state index contributed by atoms with van der Waals surface area (Å²) in [6.45, 7) is 0. The zero-order chi connectivity index (χ0) is 12.4. The van der Waals surface area contributed by atoms with Crippen LogP contribution >= 0.6 is 0 Å². The maximum Gasteiger partial charge on any atom is 0.131 e. The molecule has 1 aromatic heterocycles. The van der Waals surface area contributed by atoms with Crippen molar-refractivity contribution < 1.29 is 8.78 Å². The number of aromatic nitrogens is 1. The Morgan fingerprint density at radius 3 is 2.35 bits per heavy atom. The second-order valence-corrected chi connectivity index (χ2v) is 3.62. The fraction of sp³-hybridized carbons (Fsp3) is 0.0833. The Morgan fingerprint density at radius 2 is 1.76 bits per heavy atom. The number of halogens is 2. The van der Waals surface area contributed by atoms with Crippen LogP contribution in [0.15, 0.2) is 36.7 Å². The van der Waals surface area contributed by atoms with Crippen LogP contribution < -0.4 is 11.5 Å². The van der Waals surface area contributed by atoms with E-state index in [0.717, 1.165) is 12.1 Å². The molecule has 1 aromatic carbocycles. The first-order valence-corrected chi connectivity index (χ1v) is 5.00. The van der Waals surface area contributed by atoms with E-state index in [2.05, 4.69) is 4.98 Å². The second-order valence-electron chi connectivity index (χ2n) is 3.62. The molecular formula is C12H11F2N3. The van der Waals surface area contributed by atoms with Gasteiger partial charge < -0.3 is 11.5 Å². The van der Waals surface area contributed by atoms with Crippen molar-refractivity contribution in [3.8, 4) is 0 Å². The molecule has 0 fully saturated rings. The van der Waals surface area contributed by atoms with Gasteiger partial charge in [0.25, 0.3) is 0 Å². The highest BCUT2D eigenvalue weighted by molar-refractivity contribution is 5.49. The SMILES string of the molecule is Nc1ccncc1C(N)c1c(F)cccc1F. The molecule has 0 aliphatic rings. The predicted octanol–water partition coefficient (Wildman–Crippen LogP) is 1.99. The van der Waals surface area contributed by atoms with Crippen LogP contribution in [-0.2, 0) is 0 Å². The fourth-order valence-electron chi connectivity index (χ4n) is 1.64. The molecule has 5 heteroatoms. The van der Waals surface area contributed by atoms with Crippen molar-refractivity contribution in [2.24, 2.45) is 5.73 Å². The Bertz CT molecular complexity index is 523. The van der Waals surface area contributed by atoms with Crippen molar-refractivity contribution in [2.75, 3.05) is 5.73 Å². The van der Waals surface area contributed by atoms with Crippen LogP contribution in [0.1, 0.15) is 17.2 Å². The average Bonchev–Trinajstić information content (AvgIpc) is 2.29. The molecule has 0 aliphatic carbocycles. The topological polar surface area (TPSA) is 64.9 Å². The lowest BCUT2D eigenvalue weighted by Crippen LogP contribution is -2.17. The van der Waals surface area contributed by atoms with Gasteiger partial charge in [-0.1, -0.05) is 6.07 Å². The van der Waals surface area contributed by atoms with Crippen LogP contribution in [0.2, 0.25) is 0 Å². The lowest BCUT2D eigenvalue weighted by Gasteiger charge is -2.15. The number of rotatable bonds is 2. The van der Waals surface area contributed by atoms with Gasteiger partial charge in [0.05, 0.1) is 6.04 Å². The molecule has 0 spiro atoms. The lowest BCUT2D eigenvalue weighted by atomic mass is 9.99. The molecule has 4 N–H and O–H groups in total. The molecule has 0 bridgehead atoms. The summed E-state index contributed by atoms with van der Waals surface area (Å²) in [6, 6.07) is 4.17. The van der Waals surface area contributed by atoms with Crippen molar-refractivity contribution in [2.45, 2.75) is 6.04 Å². The zero-order valence-electron chi connectivity index (χ0n) is 8.90. The number of benzene rings is 1. The van der Waals surface area contributed by atoms with E-state index in [0.29, 0.717) is 11.3 Å². The third-order valence-corrected chi connectivity index (χ3v) is 2.53. The highest BCUT2D eigenvalue weighted by Crippen LogP contribution is 2.27. The fourth-order valence-corrected chi connectivity index (χ4v) is 1.64. The van der Waals surface area contributed by atoms with E-state index in [-0.39, 0.29) is 5.56 Å². The van der Waals surface area contributed by atoms with Gasteiger partial charge in [0.2, 0.25) is 0 Å². The highest BCUT2D eigenvalue weighted by Gasteiger charge is 2.19. The first-order chi connectivity index (χ1) is 8.11. The van der Waals surface area contributed by atoms with Crippen LogP contribution in [0.25, 0.3) is 0 Å². The van der Waals surface area contributed by atoms with Crippen molar-refractivity contribution >= 4 is 5.69 Å². The summed E-state index contributed by atoms with van der Waals surface area (Å²) in [5.74, 6) is -1.39. The summed E-state index contributed by atoms with van der Waals surface area (Å²) >= 11 is 0. The molecule has 1 unspecified atom stereocenters. The van der Waals surface area contributed by atoms with Gasteiger partial charge in [-0.15, -0.1) is 0 Å². The molecule has 0 saturated carbocycles. The Labute approximate surface area is 97.1 Å². The third-order valence-electron chi connectivity index (χ3n) is 2.53. The molecule has 1 heterocycles. The van der Waals surface area contributed by atoms with Gasteiger partial charge in [0.15, 0.2) is 0 Å². The minimum absolute atomic E-state index is 0.202. The molecule has 0 amide bonds. The second kappa shape index (κ2) is 4.47. The van der Waals surface area contributed by atoms with E-state index < -0.39 is 17.7 Å². The molecule has 2 rings (SSSR count). The van der Waals surface area contributed by atoms with Crippen LogP contribution in [0.4, 0.5) is 14.5 Å². The quantitative estimate of drug-likeness (QED) is 0.836. The lowest BCUT2D eigenvalue weighted by molar-refractivity contribution is 0.543. The summed E-state index contributed by atoms with van der Waals surface area (Å²) in [4.78, 5) is 3.85. The summed E-state index contributed by atoms with van der Waals surface area (Å²) in [5.41, 5.74) is 12.1. The Hall–Kier alpha value is -2.01. The monoisotopic (exact) mass is 235 g/mol. The molecule has 88 valence electrons. The standard InChI is InChI=1S/C12H11F2N3/c13-8-2-1-3-9(14)11(8)12(16)7-6-17-5-4-10(7)15/h1-6,12H,16H2,(H2,15,17). The number of pyridine rings is 1. The molecule has 0 aliphatic heterocycles. The van der Waals surface area contributed by atoms with Crippen LogP contribution in [0.5, 0.6) is 0 Å². The molecular weight excluding hydrogens is 224 g/mol. The normalized spacial score (nSPS) is 12.4. The Kier molecular flexibility index (Phi) is 3.01. The average molecular weight is 235 g/mol. The first kappa shape index (κ1) is 11.5. The van der Waals surface area contributed by atoms with E-state index >= 15 is 0 Å². The predicted molar refractivity (Wildman–Crippen MR) is 61.0 cm³/mol. The van der Waals surface area contributed by atoms with Crippen molar-refractivity contribution in [1.82, 2.24) is 4.98 Å². The van der Waals surface area contributed by atoms with Crippen molar-refractivity contribution in [3.05, 3.63) is 59.4 Å². The number of anilines is 1. The highest BCUT2D eigenvalue weighted by atomic mass is 19.1. The van der Waals surface area contributed by atoms with E-state index in [4.69, 9.17) is 11.5 Å². The number of nitrogens with two attached hydrogens (primary N) is 2. The van der Waals surface area contributed by atoms with E-state index in [1.807, 2.05) is 0 Å². The minimum Gasteiger partial charge on any atom is -0.398 e. The summed E-state index contributed by atoms with van der Waals surface area (Å²) in [5, 5.41) is 0. The van der Waals surface area contributed by atoms with Crippen LogP contribution in [0, 0.1) is 11.6 Å². The van der Waals surface area contributed by atoms with Gasteiger partial charge in [0, 0.05) is 29.2 Å². The van der Waals surface area contributed by atoms with E-state index in [9.17, 15) is 8.78 Å². The molecule has 0 radical (unpaired) electrons. The van der Waals surface area contributed by atoms with Gasteiger partial charge in [-0.2, -0.15) is 0 Å². The van der Waals surface area contributed by atoms with Gasteiger partial charge in [-0.3, -0.25) is 4.98 Å². The maximum absolute atomic E-state index is 13.5. The summed E-state index contributed by atoms with van der Waals surface area (Å²) < 4.78 is 27.1. The van der Waals surface area contributed by atoms with Crippen molar-refractivity contribution in [1.29, 1.82) is 0 Å².